The van der Waals surface area contributed by atoms with E-state index >= 15 is 0 Å². The molecule has 2 rings (SSSR count). The lowest BCUT2D eigenvalue weighted by molar-refractivity contribution is 0.686. The minimum atomic E-state index is -0.478. The van der Waals surface area contributed by atoms with Crippen LogP contribution < -0.4 is 5.73 Å². The minimum Gasteiger partial charge on any atom is -0.326 e. The third-order valence-corrected chi connectivity index (χ3v) is 4.21. The van der Waals surface area contributed by atoms with E-state index in [1.807, 2.05) is 70.2 Å². The summed E-state index contributed by atoms with van der Waals surface area (Å²) >= 11 is 0. The van der Waals surface area contributed by atoms with E-state index in [-0.39, 0.29) is 0 Å². The molecule has 0 amide bonds. The Morgan fingerprint density at radius 1 is 0.731 bits per heavy atom. The van der Waals surface area contributed by atoms with Crippen molar-refractivity contribution in [2.75, 3.05) is 0 Å². The second kappa shape index (κ2) is 8.82. The second-order valence-electron chi connectivity index (χ2n) is 7.06. The molecule has 0 atom stereocenters. The summed E-state index contributed by atoms with van der Waals surface area (Å²) in [5.74, 6) is 0. The van der Waals surface area contributed by atoms with E-state index < -0.39 is 10.8 Å². The van der Waals surface area contributed by atoms with Gasteiger partial charge in [0, 0.05) is 6.54 Å². The number of nitrogens with two attached hydrogens (primary N) is 1. The summed E-state index contributed by atoms with van der Waals surface area (Å²) in [5.41, 5.74) is 8.28. The summed E-state index contributed by atoms with van der Waals surface area (Å²) in [4.78, 5) is 0. The highest BCUT2D eigenvalue weighted by Gasteiger charge is 2.19. The number of nitrogens with zero attached hydrogens (tertiary/aromatic N) is 3. The van der Waals surface area contributed by atoms with Crippen LogP contribution in [0.4, 0.5) is 0 Å². The summed E-state index contributed by atoms with van der Waals surface area (Å²) < 4.78 is 0. The molecule has 0 saturated heterocycles. The van der Waals surface area contributed by atoms with Gasteiger partial charge >= 0.3 is 0 Å². The highest BCUT2D eigenvalue weighted by Crippen LogP contribution is 2.22. The Bertz CT molecular complexity index is 839. The van der Waals surface area contributed by atoms with Gasteiger partial charge in [0.2, 0.25) is 0 Å². The van der Waals surface area contributed by atoms with Crippen molar-refractivity contribution in [2.24, 2.45) is 5.73 Å². The summed E-state index contributed by atoms with van der Waals surface area (Å²) in [6, 6.07) is 21.5. The zero-order valence-electron chi connectivity index (χ0n) is 15.7. The van der Waals surface area contributed by atoms with E-state index in [1.54, 1.807) is 12.1 Å². The summed E-state index contributed by atoms with van der Waals surface area (Å²) in [7, 11) is 0. The van der Waals surface area contributed by atoms with Gasteiger partial charge in [-0.15, -0.1) is 0 Å². The van der Waals surface area contributed by atoms with Crippen molar-refractivity contribution >= 4 is 0 Å². The largest absolute Gasteiger partial charge is 0.326 e. The fourth-order valence-electron chi connectivity index (χ4n) is 2.15. The van der Waals surface area contributed by atoms with Crippen LogP contribution in [0.1, 0.15) is 49.9 Å². The van der Waals surface area contributed by atoms with Gasteiger partial charge in [0.1, 0.15) is 0 Å². The molecule has 4 nitrogen and oxygen atoms in total. The molecule has 0 aliphatic rings. The topological polar surface area (TPSA) is 97.4 Å². The van der Waals surface area contributed by atoms with Gasteiger partial charge in [-0.1, -0.05) is 36.4 Å². The first-order valence-corrected chi connectivity index (χ1v) is 8.33. The molecule has 0 aliphatic carbocycles. The zero-order valence-corrected chi connectivity index (χ0v) is 15.7. The normalized spacial score (nSPS) is 10.5. The van der Waals surface area contributed by atoms with Crippen LogP contribution in [0.2, 0.25) is 0 Å². The third-order valence-electron chi connectivity index (χ3n) is 4.21. The third kappa shape index (κ3) is 5.45. The van der Waals surface area contributed by atoms with Crippen LogP contribution in [0.5, 0.6) is 0 Å². The SMILES string of the molecule is CC(C)(C#N)c1ccc(C#N)cc1.CC(C)(C#N)c1ccc(CN)cc1. The zero-order chi connectivity index (χ0) is 19.8. The molecule has 2 N–H and O–H groups in total. The fourth-order valence-corrected chi connectivity index (χ4v) is 2.15. The molecule has 0 saturated carbocycles. The Balaban J connectivity index is 0.000000260. The molecule has 26 heavy (non-hydrogen) atoms. The van der Waals surface area contributed by atoms with E-state index in [0.717, 1.165) is 16.7 Å². The van der Waals surface area contributed by atoms with Crippen LogP contribution in [0.25, 0.3) is 0 Å². The lowest BCUT2D eigenvalue weighted by Crippen LogP contribution is -2.13. The second-order valence-corrected chi connectivity index (χ2v) is 7.06. The van der Waals surface area contributed by atoms with Crippen LogP contribution in [0.15, 0.2) is 48.5 Å². The lowest BCUT2D eigenvalue weighted by Gasteiger charge is -2.15. The lowest BCUT2D eigenvalue weighted by atomic mass is 9.86. The molecule has 0 radical (unpaired) electrons. The Kier molecular flexibility index (Phi) is 7.09. The quantitative estimate of drug-likeness (QED) is 0.897. The fraction of sp³-hybridized carbons (Fsp3) is 0.318. The molecule has 0 unspecified atom stereocenters. The summed E-state index contributed by atoms with van der Waals surface area (Å²) in [6.45, 7) is 8.07. The maximum Gasteiger partial charge on any atom is 0.0991 e. The van der Waals surface area contributed by atoms with Crippen molar-refractivity contribution < 1.29 is 0 Å². The average molecular weight is 344 g/mol. The highest BCUT2D eigenvalue weighted by molar-refractivity contribution is 5.37. The van der Waals surface area contributed by atoms with Crippen LogP contribution in [0, 0.1) is 34.0 Å². The van der Waals surface area contributed by atoms with Crippen molar-refractivity contribution in [2.45, 2.75) is 45.1 Å². The monoisotopic (exact) mass is 344 g/mol. The van der Waals surface area contributed by atoms with Gasteiger partial charge in [0.25, 0.3) is 0 Å². The molecule has 2 aromatic rings. The Labute approximate surface area is 156 Å². The molecular formula is C22H24N4. The first-order valence-electron chi connectivity index (χ1n) is 8.33. The number of benzene rings is 2. The maximum absolute atomic E-state index is 8.90. The first kappa shape index (κ1) is 20.9. The van der Waals surface area contributed by atoms with Crippen molar-refractivity contribution in [3.63, 3.8) is 0 Å². The standard InChI is InChI=1S/C11H14N2.C11H10N2/c2*1-11(2,8-13)10-5-3-9(7-12)4-6-10/h3-6H,7,12H2,1-2H3;3-6H,1-2H3. The Morgan fingerprint density at radius 3 is 1.42 bits per heavy atom. The van der Waals surface area contributed by atoms with E-state index in [0.29, 0.717) is 12.1 Å². The molecule has 0 aromatic heterocycles. The Hall–Kier alpha value is -3.13. The molecular weight excluding hydrogens is 320 g/mol. The maximum atomic E-state index is 8.90. The van der Waals surface area contributed by atoms with E-state index in [2.05, 4.69) is 12.1 Å². The van der Waals surface area contributed by atoms with Gasteiger partial charge < -0.3 is 5.73 Å². The van der Waals surface area contributed by atoms with Gasteiger partial charge in [-0.25, -0.2) is 0 Å². The van der Waals surface area contributed by atoms with E-state index in [9.17, 15) is 0 Å². The first-order chi connectivity index (χ1) is 12.2. The van der Waals surface area contributed by atoms with Crippen molar-refractivity contribution in [1.29, 1.82) is 15.8 Å². The molecule has 4 heteroatoms. The van der Waals surface area contributed by atoms with Gasteiger partial charge in [-0.2, -0.15) is 15.8 Å². The molecule has 0 fully saturated rings. The van der Waals surface area contributed by atoms with Crippen LogP contribution in [-0.4, -0.2) is 0 Å². The van der Waals surface area contributed by atoms with Crippen LogP contribution in [-0.2, 0) is 17.4 Å². The van der Waals surface area contributed by atoms with Gasteiger partial charge in [0.15, 0.2) is 0 Å². The van der Waals surface area contributed by atoms with E-state index in [1.165, 1.54) is 0 Å². The van der Waals surface area contributed by atoms with Crippen molar-refractivity contribution in [1.82, 2.24) is 0 Å². The molecule has 0 bridgehead atoms. The molecule has 0 heterocycles. The smallest absolute Gasteiger partial charge is 0.0991 e. The van der Waals surface area contributed by atoms with Gasteiger partial charge in [0.05, 0.1) is 34.6 Å². The Morgan fingerprint density at radius 2 is 1.12 bits per heavy atom. The predicted molar refractivity (Wildman–Crippen MR) is 103 cm³/mol. The summed E-state index contributed by atoms with van der Waals surface area (Å²) in [6.07, 6.45) is 0. The number of rotatable bonds is 3. The number of hydrogen-bond donors (Lipinski definition) is 1. The van der Waals surface area contributed by atoms with E-state index in [4.69, 9.17) is 21.5 Å². The van der Waals surface area contributed by atoms with Crippen LogP contribution >= 0.6 is 0 Å². The molecule has 2 aromatic carbocycles. The van der Waals surface area contributed by atoms with Crippen molar-refractivity contribution in [3.05, 3.63) is 70.8 Å². The predicted octanol–water partition coefficient (Wildman–Crippen LogP) is 4.31. The number of nitriles is 3. The van der Waals surface area contributed by atoms with Gasteiger partial charge in [-0.3, -0.25) is 0 Å². The average Bonchev–Trinajstić information content (AvgIpc) is 2.68. The van der Waals surface area contributed by atoms with Gasteiger partial charge in [-0.05, 0) is 56.5 Å². The minimum absolute atomic E-state index is 0.410. The van der Waals surface area contributed by atoms with Crippen molar-refractivity contribution in [3.8, 4) is 18.2 Å². The number of hydrogen-bond acceptors (Lipinski definition) is 4. The van der Waals surface area contributed by atoms with Crippen LogP contribution in [0.3, 0.4) is 0 Å². The molecule has 0 aliphatic heterocycles. The molecule has 132 valence electrons. The highest BCUT2D eigenvalue weighted by atomic mass is 14.5. The summed E-state index contributed by atoms with van der Waals surface area (Å²) in [5, 5.41) is 26.3. The molecule has 0 spiro atoms.